The fraction of sp³-hybridized carbons (Fsp3) is 0.577. The molecule has 3 N–H and O–H groups in total. The first-order valence-electron chi connectivity index (χ1n) is 11.7. The standard InChI is InChI=1S/C26H40N2O3S/c1-17(2)21-15-22(18(3)4)24(23(16-21)19(5)6)32(30,31)26(25(27)29)28-14-10-13-20-11-8-7-9-12-20/h7-8,12,15-19,26,28H,9-11,13-14H2,1-6H3,(H2,27,29). The Hall–Kier alpha value is -1.92. The van der Waals surface area contributed by atoms with Crippen LogP contribution in [-0.4, -0.2) is 26.2 Å². The van der Waals surface area contributed by atoms with Crippen molar-refractivity contribution in [2.75, 3.05) is 6.54 Å². The maximum absolute atomic E-state index is 13.8. The van der Waals surface area contributed by atoms with Crippen molar-refractivity contribution in [1.29, 1.82) is 0 Å². The lowest BCUT2D eigenvalue weighted by Crippen LogP contribution is -2.48. The van der Waals surface area contributed by atoms with Gasteiger partial charge in [0.05, 0.1) is 4.90 Å². The zero-order valence-corrected chi connectivity index (χ0v) is 21.3. The molecular formula is C26H40N2O3S. The van der Waals surface area contributed by atoms with Crippen LogP contribution < -0.4 is 11.1 Å². The number of nitrogens with one attached hydrogen (secondary N) is 1. The second-order valence-corrected chi connectivity index (χ2v) is 11.6. The third-order valence-electron chi connectivity index (χ3n) is 6.03. The van der Waals surface area contributed by atoms with E-state index in [4.69, 9.17) is 5.73 Å². The number of primary amides is 1. The molecule has 0 heterocycles. The summed E-state index contributed by atoms with van der Waals surface area (Å²) in [7, 11) is -4.01. The molecule has 178 valence electrons. The van der Waals surface area contributed by atoms with Crippen LogP contribution in [0.3, 0.4) is 0 Å². The topological polar surface area (TPSA) is 89.3 Å². The highest BCUT2D eigenvalue weighted by atomic mass is 32.2. The molecule has 32 heavy (non-hydrogen) atoms. The number of benzene rings is 1. The van der Waals surface area contributed by atoms with E-state index >= 15 is 0 Å². The molecule has 0 aliphatic heterocycles. The number of carbonyl (C=O) groups is 1. The Kier molecular flexibility index (Phi) is 9.28. The molecular weight excluding hydrogens is 420 g/mol. The highest BCUT2D eigenvalue weighted by Crippen LogP contribution is 2.36. The first-order valence-corrected chi connectivity index (χ1v) is 13.3. The lowest BCUT2D eigenvalue weighted by Gasteiger charge is -2.25. The van der Waals surface area contributed by atoms with Gasteiger partial charge in [-0.05, 0) is 66.7 Å². The minimum atomic E-state index is -4.01. The molecule has 0 aromatic heterocycles. The quantitative estimate of drug-likeness (QED) is 0.347. The summed E-state index contributed by atoms with van der Waals surface area (Å²) < 4.78 is 27.6. The second kappa shape index (κ2) is 11.3. The van der Waals surface area contributed by atoms with E-state index in [1.54, 1.807) is 0 Å². The fourth-order valence-corrected chi connectivity index (χ4v) is 6.23. The van der Waals surface area contributed by atoms with Crippen LogP contribution in [0.4, 0.5) is 0 Å². The van der Waals surface area contributed by atoms with Crippen molar-refractivity contribution in [3.05, 3.63) is 52.6 Å². The van der Waals surface area contributed by atoms with Crippen LogP contribution in [0.5, 0.6) is 0 Å². The van der Waals surface area contributed by atoms with Crippen molar-refractivity contribution >= 4 is 15.7 Å². The fourth-order valence-electron chi connectivity index (χ4n) is 4.10. The molecule has 0 saturated heterocycles. The van der Waals surface area contributed by atoms with Gasteiger partial charge in [0.1, 0.15) is 0 Å². The average molecular weight is 461 g/mol. The molecule has 1 unspecified atom stereocenters. The van der Waals surface area contributed by atoms with Gasteiger partial charge in [0.15, 0.2) is 5.37 Å². The van der Waals surface area contributed by atoms with Gasteiger partial charge in [0.25, 0.3) is 5.91 Å². The maximum atomic E-state index is 13.8. The van der Waals surface area contributed by atoms with Gasteiger partial charge >= 0.3 is 0 Å². The molecule has 1 aliphatic carbocycles. The van der Waals surface area contributed by atoms with E-state index in [0.29, 0.717) is 6.54 Å². The van der Waals surface area contributed by atoms with E-state index in [1.807, 2.05) is 39.8 Å². The molecule has 6 heteroatoms. The number of hydrogen-bond donors (Lipinski definition) is 2. The van der Waals surface area contributed by atoms with Crippen LogP contribution in [-0.2, 0) is 14.6 Å². The molecule has 0 radical (unpaired) electrons. The van der Waals surface area contributed by atoms with Gasteiger partial charge in [-0.25, -0.2) is 8.42 Å². The smallest absolute Gasteiger partial charge is 0.250 e. The summed E-state index contributed by atoms with van der Waals surface area (Å²) in [4.78, 5) is 12.6. The number of allylic oxidation sites excluding steroid dienone is 4. The first-order chi connectivity index (χ1) is 15.0. The van der Waals surface area contributed by atoms with E-state index in [0.717, 1.165) is 42.4 Å². The Labute approximate surface area is 194 Å². The number of sulfone groups is 1. The minimum absolute atomic E-state index is 0.00389. The molecule has 2 rings (SSSR count). The predicted molar refractivity (Wildman–Crippen MR) is 133 cm³/mol. The number of hydrogen-bond acceptors (Lipinski definition) is 4. The van der Waals surface area contributed by atoms with Crippen molar-refractivity contribution in [2.24, 2.45) is 5.73 Å². The Balaban J connectivity index is 2.38. The van der Waals surface area contributed by atoms with E-state index < -0.39 is 21.1 Å². The van der Waals surface area contributed by atoms with Gasteiger partial charge in [-0.3, -0.25) is 10.1 Å². The van der Waals surface area contributed by atoms with E-state index in [2.05, 4.69) is 37.4 Å². The molecule has 1 atom stereocenters. The number of amides is 1. The van der Waals surface area contributed by atoms with E-state index in [-0.39, 0.29) is 22.6 Å². The molecule has 1 aliphatic rings. The number of rotatable bonds is 11. The summed E-state index contributed by atoms with van der Waals surface area (Å²) in [5, 5.41) is 1.52. The lowest BCUT2D eigenvalue weighted by molar-refractivity contribution is -0.118. The molecule has 1 amide bonds. The summed E-state index contributed by atoms with van der Waals surface area (Å²) in [6.45, 7) is 12.6. The minimum Gasteiger partial charge on any atom is -0.367 e. The van der Waals surface area contributed by atoms with Crippen molar-refractivity contribution in [3.8, 4) is 0 Å². The molecule has 1 aromatic carbocycles. The maximum Gasteiger partial charge on any atom is 0.250 e. The zero-order chi connectivity index (χ0) is 24.1. The molecule has 0 saturated carbocycles. The van der Waals surface area contributed by atoms with Crippen molar-refractivity contribution < 1.29 is 13.2 Å². The van der Waals surface area contributed by atoms with Crippen LogP contribution in [0.25, 0.3) is 0 Å². The van der Waals surface area contributed by atoms with Gasteiger partial charge in [-0.1, -0.05) is 77.5 Å². The third kappa shape index (κ3) is 6.32. The molecule has 1 aromatic rings. The molecule has 0 fully saturated rings. The monoisotopic (exact) mass is 460 g/mol. The summed E-state index contributed by atoms with van der Waals surface area (Å²) in [6.07, 6.45) is 10.0. The van der Waals surface area contributed by atoms with Gasteiger partial charge in [-0.2, -0.15) is 0 Å². The van der Waals surface area contributed by atoms with Crippen LogP contribution in [0, 0.1) is 0 Å². The first kappa shape index (κ1) is 26.3. The molecule has 0 spiro atoms. The summed E-state index contributed by atoms with van der Waals surface area (Å²) >= 11 is 0. The SMILES string of the molecule is CC(C)c1cc(C(C)C)c(S(=O)(=O)C(NCCCC2=CCC=CC2)C(N)=O)c(C(C)C)c1. The van der Waals surface area contributed by atoms with Crippen LogP contribution in [0.2, 0.25) is 0 Å². The molecule has 5 nitrogen and oxygen atoms in total. The Morgan fingerprint density at radius 2 is 1.59 bits per heavy atom. The predicted octanol–water partition coefficient (Wildman–Crippen LogP) is 5.29. The van der Waals surface area contributed by atoms with Gasteiger partial charge in [0, 0.05) is 0 Å². The molecule has 0 bridgehead atoms. The van der Waals surface area contributed by atoms with Crippen LogP contribution in [0.1, 0.15) is 102 Å². The lowest BCUT2D eigenvalue weighted by atomic mass is 9.89. The van der Waals surface area contributed by atoms with Crippen molar-refractivity contribution in [1.82, 2.24) is 5.32 Å². The van der Waals surface area contributed by atoms with Crippen LogP contribution >= 0.6 is 0 Å². The highest BCUT2D eigenvalue weighted by Gasteiger charge is 2.36. The number of nitrogens with two attached hydrogens (primary N) is 1. The zero-order valence-electron chi connectivity index (χ0n) is 20.4. The van der Waals surface area contributed by atoms with Gasteiger partial charge in [-0.15, -0.1) is 0 Å². The van der Waals surface area contributed by atoms with Crippen molar-refractivity contribution in [2.45, 2.75) is 95.2 Å². The Morgan fingerprint density at radius 3 is 2.03 bits per heavy atom. The van der Waals surface area contributed by atoms with Crippen LogP contribution in [0.15, 0.2) is 40.8 Å². The summed E-state index contributed by atoms with van der Waals surface area (Å²) in [5.74, 6) is -0.593. The van der Waals surface area contributed by atoms with E-state index in [9.17, 15) is 13.2 Å². The normalized spacial score (nSPS) is 15.5. The summed E-state index contributed by atoms with van der Waals surface area (Å²) in [6, 6.07) is 3.96. The largest absolute Gasteiger partial charge is 0.367 e. The van der Waals surface area contributed by atoms with E-state index in [1.165, 1.54) is 5.57 Å². The van der Waals surface area contributed by atoms with Crippen molar-refractivity contribution in [3.63, 3.8) is 0 Å². The second-order valence-electron chi connectivity index (χ2n) is 9.65. The third-order valence-corrected chi connectivity index (χ3v) is 8.09. The number of carbonyl (C=O) groups excluding carboxylic acids is 1. The summed E-state index contributed by atoms with van der Waals surface area (Å²) in [5.41, 5.74) is 9.58. The van der Waals surface area contributed by atoms with Gasteiger partial charge < -0.3 is 5.73 Å². The average Bonchev–Trinajstić information content (AvgIpc) is 2.72. The Bertz CT molecular complexity index is 944. The Morgan fingerprint density at radius 1 is 1.00 bits per heavy atom. The highest BCUT2D eigenvalue weighted by molar-refractivity contribution is 7.92. The van der Waals surface area contributed by atoms with Gasteiger partial charge in [0.2, 0.25) is 9.84 Å².